The fourth-order valence-corrected chi connectivity index (χ4v) is 1.42. The molecule has 12 heavy (non-hydrogen) atoms. The first-order chi connectivity index (χ1) is 5.65. The van der Waals surface area contributed by atoms with Crippen LogP contribution in [0.25, 0.3) is 0 Å². The van der Waals surface area contributed by atoms with Gasteiger partial charge in [-0.3, -0.25) is 0 Å². The van der Waals surface area contributed by atoms with Gasteiger partial charge in [-0.1, -0.05) is 6.92 Å². The maximum Gasteiger partial charge on any atom is 0.317 e. The summed E-state index contributed by atoms with van der Waals surface area (Å²) in [6.07, 6.45) is 0. The molecule has 0 bridgehead atoms. The molecule has 4 nitrogen and oxygen atoms in total. The highest BCUT2D eigenvalue weighted by Crippen LogP contribution is 2.13. The summed E-state index contributed by atoms with van der Waals surface area (Å²) in [7, 11) is 0. The van der Waals surface area contributed by atoms with Gasteiger partial charge in [-0.25, -0.2) is 4.79 Å². The molecule has 0 aliphatic carbocycles. The minimum atomic E-state index is 0.0114. The van der Waals surface area contributed by atoms with Crippen LogP contribution < -0.4 is 11.1 Å². The summed E-state index contributed by atoms with van der Waals surface area (Å²) in [5.74, 6) is 0.424. The third-order valence-corrected chi connectivity index (χ3v) is 2.29. The molecule has 0 aromatic rings. The second kappa shape index (κ2) is 3.76. The van der Waals surface area contributed by atoms with Crippen molar-refractivity contribution >= 4 is 6.03 Å². The highest BCUT2D eigenvalue weighted by Gasteiger charge is 2.29. The maximum atomic E-state index is 11.3. The number of amides is 2. The third kappa shape index (κ3) is 1.88. The van der Waals surface area contributed by atoms with E-state index in [0.717, 1.165) is 6.54 Å². The number of nitrogens with one attached hydrogen (secondary N) is 1. The number of nitrogens with zero attached hydrogens (tertiary/aromatic N) is 1. The number of nitrogens with two attached hydrogens (primary N) is 1. The molecular weight excluding hydrogens is 154 g/mol. The van der Waals surface area contributed by atoms with Gasteiger partial charge in [-0.2, -0.15) is 0 Å². The lowest BCUT2D eigenvalue weighted by atomic mass is 10.1. The molecule has 3 N–H and O–H groups in total. The summed E-state index contributed by atoms with van der Waals surface area (Å²) >= 11 is 0. The van der Waals surface area contributed by atoms with Crippen LogP contribution in [0.5, 0.6) is 0 Å². The van der Waals surface area contributed by atoms with Gasteiger partial charge in [0.2, 0.25) is 0 Å². The number of likely N-dealkylation sites (tertiary alicyclic amines) is 1. The molecule has 0 aromatic carbocycles. The number of carbonyl (C=O) groups excluding carboxylic acids is 1. The van der Waals surface area contributed by atoms with Crippen LogP contribution in [0.3, 0.4) is 0 Å². The van der Waals surface area contributed by atoms with Crippen LogP contribution >= 0.6 is 0 Å². The summed E-state index contributed by atoms with van der Waals surface area (Å²) in [6, 6.07) is 0.157. The molecule has 2 amide bonds. The van der Waals surface area contributed by atoms with Crippen molar-refractivity contribution in [1.82, 2.24) is 10.2 Å². The van der Waals surface area contributed by atoms with Crippen molar-refractivity contribution in [3.63, 3.8) is 0 Å². The van der Waals surface area contributed by atoms with Crippen molar-refractivity contribution in [2.24, 2.45) is 11.7 Å². The zero-order valence-electron chi connectivity index (χ0n) is 7.71. The van der Waals surface area contributed by atoms with Crippen LogP contribution in [-0.2, 0) is 0 Å². The van der Waals surface area contributed by atoms with E-state index in [4.69, 9.17) is 5.73 Å². The van der Waals surface area contributed by atoms with Crippen molar-refractivity contribution in [1.29, 1.82) is 0 Å². The predicted molar refractivity (Wildman–Crippen MR) is 47.8 cm³/mol. The average Bonchev–Trinajstić information content (AvgIpc) is 2.33. The lowest BCUT2D eigenvalue weighted by Gasteiger charge is -2.15. The van der Waals surface area contributed by atoms with E-state index in [1.54, 1.807) is 4.90 Å². The lowest BCUT2D eigenvalue weighted by Crippen LogP contribution is -2.39. The van der Waals surface area contributed by atoms with Gasteiger partial charge < -0.3 is 16.0 Å². The lowest BCUT2D eigenvalue weighted by molar-refractivity contribution is 0.207. The first-order valence-electron chi connectivity index (χ1n) is 4.43. The highest BCUT2D eigenvalue weighted by molar-refractivity contribution is 5.74. The largest absolute Gasteiger partial charge is 0.338 e. The fourth-order valence-electron chi connectivity index (χ4n) is 1.42. The first-order valence-corrected chi connectivity index (χ1v) is 4.43. The third-order valence-electron chi connectivity index (χ3n) is 2.29. The van der Waals surface area contributed by atoms with E-state index in [1.165, 1.54) is 0 Å². The molecule has 70 valence electrons. The number of hydrogen-bond donors (Lipinski definition) is 2. The molecule has 4 heteroatoms. The van der Waals surface area contributed by atoms with Gasteiger partial charge in [0.1, 0.15) is 0 Å². The number of urea groups is 1. The number of rotatable bonds is 1. The highest BCUT2D eigenvalue weighted by atomic mass is 16.2. The quantitative estimate of drug-likeness (QED) is 0.583. The minimum Gasteiger partial charge on any atom is -0.338 e. The summed E-state index contributed by atoms with van der Waals surface area (Å²) in [6.45, 7) is 6.14. The van der Waals surface area contributed by atoms with Crippen LogP contribution in [-0.4, -0.2) is 36.6 Å². The van der Waals surface area contributed by atoms with Crippen molar-refractivity contribution in [2.75, 3.05) is 19.6 Å². The van der Waals surface area contributed by atoms with Crippen LogP contribution in [0.4, 0.5) is 4.79 Å². The molecule has 2 unspecified atom stereocenters. The molecule has 1 heterocycles. The van der Waals surface area contributed by atoms with Gasteiger partial charge in [0.25, 0.3) is 0 Å². The van der Waals surface area contributed by atoms with E-state index in [1.807, 2.05) is 6.92 Å². The van der Waals surface area contributed by atoms with Crippen LogP contribution in [0.1, 0.15) is 13.8 Å². The van der Waals surface area contributed by atoms with E-state index in [-0.39, 0.29) is 12.1 Å². The summed E-state index contributed by atoms with van der Waals surface area (Å²) in [4.78, 5) is 13.1. The topological polar surface area (TPSA) is 58.4 Å². The van der Waals surface area contributed by atoms with Gasteiger partial charge in [-0.15, -0.1) is 0 Å². The number of carbonyl (C=O) groups is 1. The molecule has 0 aromatic heterocycles. The van der Waals surface area contributed by atoms with Crippen molar-refractivity contribution in [3.8, 4) is 0 Å². The molecule has 0 saturated carbocycles. The Morgan fingerprint density at radius 3 is 2.75 bits per heavy atom. The molecule has 0 spiro atoms. The van der Waals surface area contributed by atoms with Gasteiger partial charge in [0.05, 0.1) is 0 Å². The van der Waals surface area contributed by atoms with E-state index in [9.17, 15) is 4.79 Å². The molecule has 1 rings (SSSR count). The SMILES string of the molecule is CCNC(=O)N1CC(C)C(N)C1. The Labute approximate surface area is 73.1 Å². The second-order valence-corrected chi connectivity index (χ2v) is 3.38. The van der Waals surface area contributed by atoms with Gasteiger partial charge >= 0.3 is 6.03 Å². The molecular formula is C8H17N3O. The van der Waals surface area contributed by atoms with Crippen molar-refractivity contribution < 1.29 is 4.79 Å². The predicted octanol–water partition coefficient (Wildman–Crippen LogP) is -0.00510. The monoisotopic (exact) mass is 171 g/mol. The van der Waals surface area contributed by atoms with Gasteiger partial charge in [-0.05, 0) is 12.8 Å². The van der Waals surface area contributed by atoms with Gasteiger partial charge in [0, 0.05) is 25.7 Å². The Hall–Kier alpha value is -0.770. The zero-order valence-corrected chi connectivity index (χ0v) is 7.71. The molecule has 1 aliphatic heterocycles. The maximum absolute atomic E-state index is 11.3. The Balaban J connectivity index is 2.40. The van der Waals surface area contributed by atoms with E-state index in [2.05, 4.69) is 12.2 Å². The Morgan fingerprint density at radius 1 is 1.67 bits per heavy atom. The average molecular weight is 171 g/mol. The fraction of sp³-hybridized carbons (Fsp3) is 0.875. The van der Waals surface area contributed by atoms with E-state index < -0.39 is 0 Å². The summed E-state index contributed by atoms with van der Waals surface area (Å²) in [5.41, 5.74) is 5.78. The Kier molecular flexibility index (Phi) is 2.92. The molecule has 0 radical (unpaired) electrons. The molecule has 1 aliphatic rings. The van der Waals surface area contributed by atoms with Crippen molar-refractivity contribution in [3.05, 3.63) is 0 Å². The van der Waals surface area contributed by atoms with E-state index in [0.29, 0.717) is 19.0 Å². The van der Waals surface area contributed by atoms with Gasteiger partial charge in [0.15, 0.2) is 0 Å². The summed E-state index contributed by atoms with van der Waals surface area (Å²) < 4.78 is 0. The number of hydrogen-bond acceptors (Lipinski definition) is 2. The van der Waals surface area contributed by atoms with Crippen LogP contribution in [0.2, 0.25) is 0 Å². The zero-order chi connectivity index (χ0) is 9.14. The molecule has 1 fully saturated rings. The van der Waals surface area contributed by atoms with Crippen LogP contribution in [0, 0.1) is 5.92 Å². The summed E-state index contributed by atoms with van der Waals surface area (Å²) in [5, 5.41) is 2.76. The van der Waals surface area contributed by atoms with Crippen LogP contribution in [0.15, 0.2) is 0 Å². The normalized spacial score (nSPS) is 29.1. The minimum absolute atomic E-state index is 0.0114. The Morgan fingerprint density at radius 2 is 2.33 bits per heavy atom. The van der Waals surface area contributed by atoms with Crippen molar-refractivity contribution in [2.45, 2.75) is 19.9 Å². The Bertz CT molecular complexity index is 162. The standard InChI is InChI=1S/C8H17N3O/c1-3-10-8(12)11-4-6(2)7(9)5-11/h6-7H,3-5,9H2,1-2H3,(H,10,12). The molecule has 2 atom stereocenters. The first kappa shape index (κ1) is 9.32. The second-order valence-electron chi connectivity index (χ2n) is 3.38. The smallest absolute Gasteiger partial charge is 0.317 e. The molecule has 1 saturated heterocycles. The van der Waals surface area contributed by atoms with E-state index >= 15 is 0 Å².